The van der Waals surface area contributed by atoms with Gasteiger partial charge in [-0.2, -0.15) is 25.8 Å². The Morgan fingerprint density at radius 2 is 1.79 bits per heavy atom. The summed E-state index contributed by atoms with van der Waals surface area (Å²) in [5.41, 5.74) is -2.61. The molecule has 5 heteroatoms. The molecule has 0 radical (unpaired) electrons. The molecular formula is C9H17F3OS. The standard InChI is InChI=1S/C9H17F3OS/c1-4-7(6(2)14)5-8(3,13)9(10,11)12/h6-7,13-14H,4-5H2,1-3H3/t6?,7-,8?/m0/s1. The molecule has 2 unspecified atom stereocenters. The Bertz CT molecular complexity index is 177. The van der Waals surface area contributed by atoms with Gasteiger partial charge in [0.15, 0.2) is 5.60 Å². The molecule has 0 aromatic carbocycles. The fourth-order valence-corrected chi connectivity index (χ4v) is 1.60. The van der Waals surface area contributed by atoms with Crippen molar-refractivity contribution in [1.82, 2.24) is 0 Å². The van der Waals surface area contributed by atoms with Crippen LogP contribution in [-0.4, -0.2) is 22.1 Å². The monoisotopic (exact) mass is 230 g/mol. The van der Waals surface area contributed by atoms with E-state index in [1.165, 1.54) is 0 Å². The zero-order valence-electron chi connectivity index (χ0n) is 8.60. The highest BCUT2D eigenvalue weighted by molar-refractivity contribution is 7.80. The minimum Gasteiger partial charge on any atom is -0.381 e. The lowest BCUT2D eigenvalue weighted by Crippen LogP contribution is -2.44. The van der Waals surface area contributed by atoms with Crippen LogP contribution >= 0.6 is 12.6 Å². The predicted octanol–water partition coefficient (Wildman–Crippen LogP) is 3.03. The van der Waals surface area contributed by atoms with Crippen molar-refractivity contribution in [2.24, 2.45) is 5.92 Å². The summed E-state index contributed by atoms with van der Waals surface area (Å²) in [7, 11) is 0. The maximum atomic E-state index is 12.3. The van der Waals surface area contributed by atoms with Gasteiger partial charge >= 0.3 is 6.18 Å². The van der Waals surface area contributed by atoms with E-state index in [2.05, 4.69) is 12.6 Å². The van der Waals surface area contributed by atoms with Crippen LogP contribution in [0.3, 0.4) is 0 Å². The summed E-state index contributed by atoms with van der Waals surface area (Å²) in [6.45, 7) is 4.35. The van der Waals surface area contributed by atoms with Crippen molar-refractivity contribution in [2.45, 2.75) is 50.6 Å². The minimum atomic E-state index is -4.57. The van der Waals surface area contributed by atoms with Crippen LogP contribution in [0.5, 0.6) is 0 Å². The Balaban J connectivity index is 4.48. The van der Waals surface area contributed by atoms with Gasteiger partial charge in [-0.1, -0.05) is 20.3 Å². The van der Waals surface area contributed by atoms with E-state index in [1.54, 1.807) is 13.8 Å². The molecule has 0 spiro atoms. The maximum absolute atomic E-state index is 12.3. The van der Waals surface area contributed by atoms with E-state index in [1.807, 2.05) is 0 Å². The van der Waals surface area contributed by atoms with Crippen LogP contribution in [0.15, 0.2) is 0 Å². The van der Waals surface area contributed by atoms with Crippen LogP contribution in [0, 0.1) is 5.92 Å². The lowest BCUT2D eigenvalue weighted by molar-refractivity contribution is -0.258. The molecule has 3 atom stereocenters. The highest BCUT2D eigenvalue weighted by Gasteiger charge is 2.50. The Morgan fingerprint density at radius 1 is 1.36 bits per heavy atom. The van der Waals surface area contributed by atoms with Gasteiger partial charge in [0, 0.05) is 5.25 Å². The van der Waals surface area contributed by atoms with Gasteiger partial charge in [-0.15, -0.1) is 0 Å². The summed E-state index contributed by atoms with van der Waals surface area (Å²) in [6.07, 6.45) is -4.28. The maximum Gasteiger partial charge on any atom is 0.416 e. The van der Waals surface area contributed by atoms with Crippen molar-refractivity contribution in [2.75, 3.05) is 0 Å². The normalized spacial score (nSPS) is 21.4. The van der Waals surface area contributed by atoms with Crippen LogP contribution < -0.4 is 0 Å². The third-order valence-electron chi connectivity index (χ3n) is 2.48. The molecule has 0 amide bonds. The van der Waals surface area contributed by atoms with Crippen molar-refractivity contribution in [3.63, 3.8) is 0 Å². The molecule has 86 valence electrons. The largest absolute Gasteiger partial charge is 0.416 e. The van der Waals surface area contributed by atoms with E-state index in [-0.39, 0.29) is 17.6 Å². The van der Waals surface area contributed by atoms with Gasteiger partial charge in [0.25, 0.3) is 0 Å². The van der Waals surface area contributed by atoms with E-state index < -0.39 is 11.8 Å². The summed E-state index contributed by atoms with van der Waals surface area (Å²) in [5, 5.41) is 9.10. The molecule has 0 aliphatic heterocycles. The lowest BCUT2D eigenvalue weighted by Gasteiger charge is -2.31. The Labute approximate surface area is 88.1 Å². The predicted molar refractivity (Wildman–Crippen MR) is 53.5 cm³/mol. The second-order valence-corrected chi connectivity index (χ2v) is 4.70. The fourth-order valence-electron chi connectivity index (χ4n) is 1.28. The summed E-state index contributed by atoms with van der Waals surface area (Å²) in [4.78, 5) is 0. The van der Waals surface area contributed by atoms with E-state index in [0.29, 0.717) is 6.42 Å². The Kier molecular flexibility index (Phi) is 4.78. The second kappa shape index (κ2) is 4.75. The average Bonchev–Trinajstić information content (AvgIpc) is 1.97. The molecule has 14 heavy (non-hydrogen) atoms. The van der Waals surface area contributed by atoms with E-state index in [9.17, 15) is 18.3 Å². The summed E-state index contributed by atoms with van der Waals surface area (Å²) < 4.78 is 37.0. The zero-order chi connectivity index (χ0) is 11.6. The van der Waals surface area contributed by atoms with Crippen LogP contribution in [0.1, 0.15) is 33.6 Å². The first-order valence-corrected chi connectivity index (χ1v) is 5.10. The second-order valence-electron chi connectivity index (χ2n) is 3.88. The lowest BCUT2D eigenvalue weighted by atomic mass is 9.88. The smallest absolute Gasteiger partial charge is 0.381 e. The number of rotatable bonds is 4. The molecule has 0 aliphatic carbocycles. The van der Waals surface area contributed by atoms with Crippen LogP contribution in [0.25, 0.3) is 0 Å². The molecule has 0 rings (SSSR count). The van der Waals surface area contributed by atoms with Gasteiger partial charge in [-0.25, -0.2) is 0 Å². The Hall–Kier alpha value is 0.100. The first-order chi connectivity index (χ1) is 6.12. The van der Waals surface area contributed by atoms with Crippen LogP contribution in [0.4, 0.5) is 13.2 Å². The van der Waals surface area contributed by atoms with Crippen LogP contribution in [-0.2, 0) is 0 Å². The SMILES string of the molecule is CC[C@@H](CC(C)(O)C(F)(F)F)C(C)S. The van der Waals surface area contributed by atoms with Crippen molar-refractivity contribution in [1.29, 1.82) is 0 Å². The molecule has 0 saturated carbocycles. The topological polar surface area (TPSA) is 20.2 Å². The van der Waals surface area contributed by atoms with Gasteiger partial charge in [-0.3, -0.25) is 0 Å². The van der Waals surface area contributed by atoms with Crippen LogP contribution in [0.2, 0.25) is 0 Å². The number of halogens is 3. The highest BCUT2D eigenvalue weighted by Crippen LogP contribution is 2.37. The molecule has 0 bridgehead atoms. The van der Waals surface area contributed by atoms with Crippen molar-refractivity contribution < 1.29 is 18.3 Å². The van der Waals surface area contributed by atoms with Crippen molar-refractivity contribution in [3.05, 3.63) is 0 Å². The number of alkyl halides is 3. The first-order valence-electron chi connectivity index (χ1n) is 4.59. The average molecular weight is 230 g/mol. The van der Waals surface area contributed by atoms with Crippen molar-refractivity contribution >= 4 is 12.6 Å². The van der Waals surface area contributed by atoms with E-state index >= 15 is 0 Å². The third kappa shape index (κ3) is 3.69. The third-order valence-corrected chi connectivity index (χ3v) is 2.90. The zero-order valence-corrected chi connectivity index (χ0v) is 9.49. The molecular weight excluding hydrogens is 213 g/mol. The van der Waals surface area contributed by atoms with Crippen molar-refractivity contribution in [3.8, 4) is 0 Å². The highest BCUT2D eigenvalue weighted by atomic mass is 32.1. The van der Waals surface area contributed by atoms with Gasteiger partial charge in [0.05, 0.1) is 0 Å². The summed E-state index contributed by atoms with van der Waals surface area (Å²) in [6, 6.07) is 0. The number of hydrogen-bond acceptors (Lipinski definition) is 2. The number of thiol groups is 1. The fraction of sp³-hybridized carbons (Fsp3) is 1.00. The number of aliphatic hydroxyl groups is 1. The molecule has 0 fully saturated rings. The quantitative estimate of drug-likeness (QED) is 0.711. The molecule has 1 nitrogen and oxygen atoms in total. The molecule has 0 aromatic heterocycles. The number of hydrogen-bond donors (Lipinski definition) is 2. The molecule has 0 aromatic rings. The minimum absolute atomic E-state index is 0.145. The Morgan fingerprint density at radius 3 is 2.00 bits per heavy atom. The van der Waals surface area contributed by atoms with E-state index in [0.717, 1.165) is 6.92 Å². The molecule has 0 heterocycles. The molecule has 0 saturated heterocycles. The summed E-state index contributed by atoms with van der Waals surface area (Å²) >= 11 is 4.10. The summed E-state index contributed by atoms with van der Waals surface area (Å²) in [5.74, 6) is -0.227. The first kappa shape index (κ1) is 14.1. The van der Waals surface area contributed by atoms with Gasteiger partial charge in [-0.05, 0) is 19.3 Å². The van der Waals surface area contributed by atoms with Gasteiger partial charge in [0.2, 0.25) is 0 Å². The molecule has 0 aliphatic rings. The van der Waals surface area contributed by atoms with Gasteiger partial charge in [0.1, 0.15) is 0 Å². The van der Waals surface area contributed by atoms with Gasteiger partial charge < -0.3 is 5.11 Å². The van der Waals surface area contributed by atoms with E-state index in [4.69, 9.17) is 0 Å². The molecule has 1 N–H and O–H groups in total.